The van der Waals surface area contributed by atoms with Gasteiger partial charge in [-0.15, -0.1) is 11.3 Å². The van der Waals surface area contributed by atoms with Crippen LogP contribution in [-0.4, -0.2) is 28.2 Å². The van der Waals surface area contributed by atoms with Crippen LogP contribution < -0.4 is 5.32 Å². The number of carbonyl (C=O) groups is 2. The van der Waals surface area contributed by atoms with Gasteiger partial charge in [0.2, 0.25) is 5.91 Å². The summed E-state index contributed by atoms with van der Waals surface area (Å²) in [7, 11) is 0. The van der Waals surface area contributed by atoms with Gasteiger partial charge in [-0.05, 0) is 18.6 Å². The van der Waals surface area contributed by atoms with Crippen molar-refractivity contribution in [3.05, 3.63) is 52.0 Å². The van der Waals surface area contributed by atoms with Gasteiger partial charge in [-0.1, -0.05) is 18.2 Å². The van der Waals surface area contributed by atoms with E-state index in [0.29, 0.717) is 12.1 Å². The van der Waals surface area contributed by atoms with Crippen molar-refractivity contribution in [2.24, 2.45) is 0 Å². The van der Waals surface area contributed by atoms with E-state index < -0.39 is 0 Å². The van der Waals surface area contributed by atoms with Crippen LogP contribution in [-0.2, 0) is 11.3 Å². The fraction of sp³-hybridized carbons (Fsp3) is 0.267. The fourth-order valence-electron chi connectivity index (χ4n) is 2.41. The van der Waals surface area contributed by atoms with E-state index in [1.165, 1.54) is 11.3 Å². The molecule has 0 bridgehead atoms. The molecule has 0 fully saturated rings. The monoisotopic (exact) mass is 301 g/mol. The summed E-state index contributed by atoms with van der Waals surface area (Å²) < 4.78 is 0. The minimum Gasteiger partial charge on any atom is -0.347 e. The number of fused-ring (bicyclic) bond motifs is 1. The highest BCUT2D eigenvalue weighted by Gasteiger charge is 2.28. The van der Waals surface area contributed by atoms with Crippen molar-refractivity contribution in [1.29, 1.82) is 0 Å². The first-order valence-electron chi connectivity index (χ1n) is 6.70. The third kappa shape index (κ3) is 2.80. The van der Waals surface area contributed by atoms with Crippen molar-refractivity contribution in [3.8, 4) is 0 Å². The van der Waals surface area contributed by atoms with Crippen LogP contribution in [0.1, 0.15) is 33.8 Å². The molecular formula is C15H15N3O2S. The zero-order valence-electron chi connectivity index (χ0n) is 11.6. The van der Waals surface area contributed by atoms with Crippen molar-refractivity contribution in [2.45, 2.75) is 19.5 Å². The van der Waals surface area contributed by atoms with E-state index >= 15 is 0 Å². The Morgan fingerprint density at radius 1 is 1.48 bits per heavy atom. The number of hydrogen-bond acceptors (Lipinski definition) is 4. The molecule has 1 aliphatic rings. The van der Waals surface area contributed by atoms with Crippen LogP contribution in [0, 0.1) is 0 Å². The Balaban J connectivity index is 1.61. The molecule has 0 saturated heterocycles. The Labute approximate surface area is 126 Å². The van der Waals surface area contributed by atoms with E-state index in [0.717, 1.165) is 10.4 Å². The molecule has 0 aliphatic carbocycles. The minimum atomic E-state index is -0.156. The lowest BCUT2D eigenvalue weighted by Gasteiger charge is -2.17. The van der Waals surface area contributed by atoms with Crippen LogP contribution in [0.4, 0.5) is 0 Å². The zero-order chi connectivity index (χ0) is 14.8. The Hall–Kier alpha value is -2.21. The number of rotatable bonds is 4. The second kappa shape index (κ2) is 5.65. The van der Waals surface area contributed by atoms with Gasteiger partial charge in [0.15, 0.2) is 0 Å². The lowest BCUT2D eigenvalue weighted by atomic mass is 10.1. The number of hydrogen-bond donors (Lipinski definition) is 1. The van der Waals surface area contributed by atoms with Gasteiger partial charge in [-0.2, -0.15) is 0 Å². The summed E-state index contributed by atoms with van der Waals surface area (Å²) in [5.74, 6) is -0.233. The van der Waals surface area contributed by atoms with E-state index in [2.05, 4.69) is 10.3 Å². The van der Waals surface area contributed by atoms with Crippen LogP contribution in [0.5, 0.6) is 0 Å². The maximum atomic E-state index is 12.2. The molecule has 21 heavy (non-hydrogen) atoms. The zero-order valence-corrected chi connectivity index (χ0v) is 12.4. The number of nitrogens with zero attached hydrogens (tertiary/aromatic N) is 2. The highest BCUT2D eigenvalue weighted by Crippen LogP contribution is 2.22. The molecule has 0 radical (unpaired) electrons. The molecular weight excluding hydrogens is 286 g/mol. The van der Waals surface area contributed by atoms with Crippen LogP contribution in [0.3, 0.4) is 0 Å². The maximum Gasteiger partial charge on any atom is 0.254 e. The first-order chi connectivity index (χ1) is 10.1. The summed E-state index contributed by atoms with van der Waals surface area (Å²) in [5, 5.41) is 2.89. The van der Waals surface area contributed by atoms with Gasteiger partial charge in [-0.3, -0.25) is 14.6 Å². The molecule has 1 atom stereocenters. The van der Waals surface area contributed by atoms with E-state index in [1.807, 2.05) is 25.1 Å². The molecule has 3 rings (SSSR count). The number of aromatic nitrogens is 1. The molecule has 1 aliphatic heterocycles. The number of nitrogens with one attached hydrogen (secondary N) is 1. The predicted octanol–water partition coefficient (Wildman–Crippen LogP) is 1.98. The quantitative estimate of drug-likeness (QED) is 0.939. The van der Waals surface area contributed by atoms with E-state index in [4.69, 9.17) is 0 Å². The lowest BCUT2D eigenvalue weighted by molar-refractivity contribution is -0.122. The summed E-state index contributed by atoms with van der Waals surface area (Å²) in [5.41, 5.74) is 3.41. The van der Waals surface area contributed by atoms with Crippen LogP contribution in [0.2, 0.25) is 0 Å². The molecule has 1 N–H and O–H groups in total. The Morgan fingerprint density at radius 2 is 2.29 bits per heavy atom. The van der Waals surface area contributed by atoms with Crippen LogP contribution >= 0.6 is 11.3 Å². The third-order valence-corrected chi connectivity index (χ3v) is 4.44. The molecule has 1 unspecified atom stereocenters. The second-order valence-corrected chi connectivity index (χ2v) is 5.93. The van der Waals surface area contributed by atoms with E-state index in [1.54, 1.807) is 22.7 Å². The molecule has 2 heterocycles. The Bertz CT molecular complexity index is 669. The molecule has 1 aromatic carbocycles. The average Bonchev–Trinajstić information content (AvgIpc) is 3.09. The van der Waals surface area contributed by atoms with Crippen LogP contribution in [0.15, 0.2) is 36.0 Å². The first-order valence-corrected chi connectivity index (χ1v) is 7.58. The van der Waals surface area contributed by atoms with Crippen molar-refractivity contribution in [1.82, 2.24) is 15.2 Å². The summed E-state index contributed by atoms with van der Waals surface area (Å²) in [6.07, 6.45) is 1.74. The second-order valence-electron chi connectivity index (χ2n) is 5.01. The number of benzene rings is 1. The van der Waals surface area contributed by atoms with Gasteiger partial charge in [0.25, 0.3) is 5.91 Å². The molecule has 6 heteroatoms. The molecule has 0 saturated carbocycles. The topological polar surface area (TPSA) is 62.3 Å². The predicted molar refractivity (Wildman–Crippen MR) is 79.9 cm³/mol. The number of amides is 2. The summed E-state index contributed by atoms with van der Waals surface area (Å²) in [6, 6.07) is 7.37. The van der Waals surface area contributed by atoms with Crippen molar-refractivity contribution in [3.63, 3.8) is 0 Å². The first kappa shape index (κ1) is 13.8. The SMILES string of the molecule is CC(NC(=O)CN1Cc2ccccc2C1=O)c1cncs1. The Kier molecular flexibility index (Phi) is 3.70. The van der Waals surface area contributed by atoms with Crippen LogP contribution in [0.25, 0.3) is 0 Å². The van der Waals surface area contributed by atoms with Gasteiger partial charge in [0, 0.05) is 23.2 Å². The van der Waals surface area contributed by atoms with Crippen molar-refractivity contribution in [2.75, 3.05) is 6.54 Å². The van der Waals surface area contributed by atoms with Gasteiger partial charge in [0.05, 0.1) is 11.6 Å². The lowest BCUT2D eigenvalue weighted by Crippen LogP contribution is -2.38. The smallest absolute Gasteiger partial charge is 0.254 e. The minimum absolute atomic E-state index is 0.0776. The van der Waals surface area contributed by atoms with Crippen molar-refractivity contribution >= 4 is 23.2 Å². The summed E-state index contributed by atoms with van der Waals surface area (Å²) in [4.78, 5) is 30.8. The normalized spacial score (nSPS) is 14.9. The molecule has 2 amide bonds. The van der Waals surface area contributed by atoms with Gasteiger partial charge in [0.1, 0.15) is 6.54 Å². The molecule has 5 nitrogen and oxygen atoms in total. The standard InChI is InChI=1S/C15H15N3O2S/c1-10(13-6-16-9-21-13)17-14(19)8-18-7-11-4-2-3-5-12(11)15(18)20/h2-6,9-10H,7-8H2,1H3,(H,17,19). The van der Waals surface area contributed by atoms with E-state index in [9.17, 15) is 9.59 Å². The number of thiazole rings is 1. The average molecular weight is 301 g/mol. The highest BCUT2D eigenvalue weighted by atomic mass is 32.1. The van der Waals surface area contributed by atoms with E-state index in [-0.39, 0.29) is 24.4 Å². The largest absolute Gasteiger partial charge is 0.347 e. The molecule has 108 valence electrons. The summed E-state index contributed by atoms with van der Waals surface area (Å²) in [6.45, 7) is 2.49. The fourth-order valence-corrected chi connectivity index (χ4v) is 3.04. The molecule has 2 aromatic rings. The highest BCUT2D eigenvalue weighted by molar-refractivity contribution is 7.09. The Morgan fingerprint density at radius 3 is 3.00 bits per heavy atom. The molecule has 1 aromatic heterocycles. The van der Waals surface area contributed by atoms with Gasteiger partial charge >= 0.3 is 0 Å². The third-order valence-electron chi connectivity index (χ3n) is 3.49. The van der Waals surface area contributed by atoms with Crippen molar-refractivity contribution < 1.29 is 9.59 Å². The maximum absolute atomic E-state index is 12.2. The number of carbonyl (C=O) groups excluding carboxylic acids is 2. The summed E-state index contributed by atoms with van der Waals surface area (Å²) >= 11 is 1.50. The van der Waals surface area contributed by atoms with Gasteiger partial charge in [-0.25, -0.2) is 0 Å². The van der Waals surface area contributed by atoms with Gasteiger partial charge < -0.3 is 10.2 Å². The molecule has 0 spiro atoms.